The summed E-state index contributed by atoms with van der Waals surface area (Å²) in [5, 5.41) is 4.30. The van der Waals surface area contributed by atoms with Crippen LogP contribution in [0.1, 0.15) is 24.0 Å². The van der Waals surface area contributed by atoms with E-state index in [0.29, 0.717) is 5.92 Å². The molecule has 2 aromatic rings. The Balaban J connectivity index is 1.38. The second-order valence-electron chi connectivity index (χ2n) is 6.90. The molecule has 0 bridgehead atoms. The van der Waals surface area contributed by atoms with E-state index in [0.717, 1.165) is 43.6 Å². The number of aryl methyl sites for hydroxylation is 1. The Kier molecular flexibility index (Phi) is 3.25. The standard InChI is InChI=1S/C18H20FN3O/c1-13-8-20-22(9-13)12-14-10-21(11-14)17(23)18(6-7-18)15-2-4-16(19)5-3-15/h2-5,8-9,14H,6-7,10-12H2,1H3. The van der Waals surface area contributed by atoms with Crippen molar-refractivity contribution >= 4 is 5.91 Å². The van der Waals surface area contributed by atoms with Crippen molar-refractivity contribution in [2.45, 2.75) is 31.7 Å². The molecule has 1 aliphatic heterocycles. The fourth-order valence-corrected chi connectivity index (χ4v) is 3.51. The maximum absolute atomic E-state index is 13.1. The Hall–Kier alpha value is -2.17. The van der Waals surface area contributed by atoms with E-state index in [4.69, 9.17) is 0 Å². The maximum Gasteiger partial charge on any atom is 0.233 e. The van der Waals surface area contributed by atoms with E-state index < -0.39 is 0 Å². The number of carbonyl (C=O) groups excluding carboxylic acids is 1. The molecular weight excluding hydrogens is 293 g/mol. The third-order valence-electron chi connectivity index (χ3n) is 5.01. The maximum atomic E-state index is 13.1. The Morgan fingerprint density at radius 2 is 2.00 bits per heavy atom. The number of halogens is 1. The van der Waals surface area contributed by atoms with Gasteiger partial charge in [-0.25, -0.2) is 4.39 Å². The monoisotopic (exact) mass is 313 g/mol. The number of aromatic nitrogens is 2. The molecule has 1 saturated carbocycles. The van der Waals surface area contributed by atoms with Gasteiger partial charge in [0.1, 0.15) is 5.82 Å². The van der Waals surface area contributed by atoms with Crippen LogP contribution in [0.4, 0.5) is 4.39 Å². The minimum absolute atomic E-state index is 0.206. The summed E-state index contributed by atoms with van der Waals surface area (Å²) in [6, 6.07) is 6.40. The van der Waals surface area contributed by atoms with Gasteiger partial charge in [-0.05, 0) is 43.0 Å². The van der Waals surface area contributed by atoms with Crippen LogP contribution in [0.2, 0.25) is 0 Å². The number of likely N-dealkylation sites (tertiary alicyclic amines) is 1. The molecule has 0 atom stereocenters. The molecule has 0 spiro atoms. The molecule has 0 unspecified atom stereocenters. The molecule has 2 heterocycles. The largest absolute Gasteiger partial charge is 0.341 e. The molecule has 5 heteroatoms. The van der Waals surface area contributed by atoms with Gasteiger partial charge in [-0.3, -0.25) is 9.48 Å². The highest BCUT2D eigenvalue weighted by Crippen LogP contribution is 2.50. The topological polar surface area (TPSA) is 38.1 Å². The van der Waals surface area contributed by atoms with Crippen LogP contribution in [0.3, 0.4) is 0 Å². The van der Waals surface area contributed by atoms with Gasteiger partial charge in [0, 0.05) is 31.7 Å². The average Bonchev–Trinajstić information content (AvgIpc) is 3.20. The zero-order chi connectivity index (χ0) is 16.0. The highest BCUT2D eigenvalue weighted by molar-refractivity contribution is 5.91. The van der Waals surface area contributed by atoms with Crippen LogP contribution in [0, 0.1) is 18.7 Å². The van der Waals surface area contributed by atoms with Crippen LogP contribution in [-0.4, -0.2) is 33.7 Å². The number of amides is 1. The normalized spacial score (nSPS) is 19.5. The first-order chi connectivity index (χ1) is 11.1. The lowest BCUT2D eigenvalue weighted by Crippen LogP contribution is -2.54. The minimum atomic E-state index is -0.388. The molecule has 0 N–H and O–H groups in total. The Bertz CT molecular complexity index is 727. The number of nitrogens with zero attached hydrogens (tertiary/aromatic N) is 3. The fraction of sp³-hybridized carbons (Fsp3) is 0.444. The lowest BCUT2D eigenvalue weighted by molar-refractivity contribution is -0.140. The van der Waals surface area contributed by atoms with Gasteiger partial charge in [-0.1, -0.05) is 12.1 Å². The summed E-state index contributed by atoms with van der Waals surface area (Å²) in [6.07, 6.45) is 5.63. The van der Waals surface area contributed by atoms with Gasteiger partial charge < -0.3 is 4.90 Å². The Morgan fingerprint density at radius 3 is 2.57 bits per heavy atom. The predicted octanol–water partition coefficient (Wildman–Crippen LogP) is 2.52. The zero-order valence-corrected chi connectivity index (χ0v) is 13.2. The van der Waals surface area contributed by atoms with Crippen molar-refractivity contribution in [2.75, 3.05) is 13.1 Å². The first-order valence-corrected chi connectivity index (χ1v) is 8.11. The van der Waals surface area contributed by atoms with Crippen LogP contribution in [0.15, 0.2) is 36.7 Å². The molecule has 1 aromatic carbocycles. The molecule has 2 fully saturated rings. The minimum Gasteiger partial charge on any atom is -0.341 e. The molecule has 2 aliphatic rings. The number of rotatable bonds is 4. The van der Waals surface area contributed by atoms with Crippen molar-refractivity contribution in [1.29, 1.82) is 0 Å². The third kappa shape index (κ3) is 2.54. The van der Waals surface area contributed by atoms with E-state index in [1.165, 1.54) is 12.1 Å². The molecule has 1 saturated heterocycles. The summed E-state index contributed by atoms with van der Waals surface area (Å²) < 4.78 is 15.0. The highest BCUT2D eigenvalue weighted by Gasteiger charge is 2.54. The molecule has 23 heavy (non-hydrogen) atoms. The third-order valence-corrected chi connectivity index (χ3v) is 5.01. The van der Waals surface area contributed by atoms with Crippen molar-refractivity contribution < 1.29 is 9.18 Å². The van der Waals surface area contributed by atoms with Gasteiger partial charge in [-0.15, -0.1) is 0 Å². The lowest BCUT2D eigenvalue weighted by Gasteiger charge is -2.41. The van der Waals surface area contributed by atoms with Crippen molar-refractivity contribution in [3.05, 3.63) is 53.6 Å². The second-order valence-corrected chi connectivity index (χ2v) is 6.90. The number of carbonyl (C=O) groups is 1. The molecule has 1 aromatic heterocycles. The molecule has 4 nitrogen and oxygen atoms in total. The van der Waals surface area contributed by atoms with Crippen LogP contribution in [0.25, 0.3) is 0 Å². The summed E-state index contributed by atoms with van der Waals surface area (Å²) >= 11 is 0. The van der Waals surface area contributed by atoms with Crippen LogP contribution in [-0.2, 0) is 16.8 Å². The van der Waals surface area contributed by atoms with Gasteiger partial charge >= 0.3 is 0 Å². The molecule has 4 rings (SSSR count). The zero-order valence-electron chi connectivity index (χ0n) is 13.2. The predicted molar refractivity (Wildman–Crippen MR) is 84.3 cm³/mol. The smallest absolute Gasteiger partial charge is 0.233 e. The van der Waals surface area contributed by atoms with E-state index >= 15 is 0 Å². The summed E-state index contributed by atoms with van der Waals surface area (Å²) in [7, 11) is 0. The number of hydrogen-bond donors (Lipinski definition) is 0. The van der Waals surface area contributed by atoms with Crippen LogP contribution < -0.4 is 0 Å². The Labute approximate surface area is 134 Å². The van der Waals surface area contributed by atoms with Gasteiger partial charge in [0.2, 0.25) is 5.91 Å². The van der Waals surface area contributed by atoms with Gasteiger partial charge in [0.05, 0.1) is 11.6 Å². The summed E-state index contributed by atoms with van der Waals surface area (Å²) in [5.41, 5.74) is 1.72. The number of benzene rings is 1. The first kappa shape index (κ1) is 14.4. The Morgan fingerprint density at radius 1 is 1.30 bits per heavy atom. The van der Waals surface area contributed by atoms with Crippen LogP contribution in [0.5, 0.6) is 0 Å². The quantitative estimate of drug-likeness (QED) is 0.870. The summed E-state index contributed by atoms with van der Waals surface area (Å²) in [5.74, 6) is 0.426. The second kappa shape index (κ2) is 5.18. The molecular formula is C18H20FN3O. The molecule has 1 aliphatic carbocycles. The lowest BCUT2D eigenvalue weighted by atomic mass is 9.90. The van der Waals surface area contributed by atoms with E-state index in [1.54, 1.807) is 12.1 Å². The first-order valence-electron chi connectivity index (χ1n) is 8.11. The van der Waals surface area contributed by atoms with Crippen molar-refractivity contribution in [3.8, 4) is 0 Å². The van der Waals surface area contributed by atoms with E-state index in [2.05, 4.69) is 5.10 Å². The van der Waals surface area contributed by atoms with E-state index in [9.17, 15) is 9.18 Å². The van der Waals surface area contributed by atoms with E-state index in [1.807, 2.05) is 28.9 Å². The number of hydrogen-bond acceptors (Lipinski definition) is 2. The summed E-state index contributed by atoms with van der Waals surface area (Å²) in [4.78, 5) is 14.7. The van der Waals surface area contributed by atoms with Crippen molar-refractivity contribution in [2.24, 2.45) is 5.92 Å². The molecule has 1 amide bonds. The van der Waals surface area contributed by atoms with Crippen molar-refractivity contribution in [1.82, 2.24) is 14.7 Å². The van der Waals surface area contributed by atoms with Crippen molar-refractivity contribution in [3.63, 3.8) is 0 Å². The van der Waals surface area contributed by atoms with Crippen LogP contribution >= 0.6 is 0 Å². The van der Waals surface area contributed by atoms with Gasteiger partial charge in [-0.2, -0.15) is 5.10 Å². The average molecular weight is 313 g/mol. The molecule has 120 valence electrons. The van der Waals surface area contributed by atoms with Gasteiger partial charge in [0.15, 0.2) is 0 Å². The SMILES string of the molecule is Cc1cnn(CC2CN(C(=O)C3(c4ccc(F)cc4)CC3)C2)c1. The highest BCUT2D eigenvalue weighted by atomic mass is 19.1. The molecule has 0 radical (unpaired) electrons. The fourth-order valence-electron chi connectivity index (χ4n) is 3.51. The van der Waals surface area contributed by atoms with E-state index in [-0.39, 0.29) is 17.1 Å². The summed E-state index contributed by atoms with van der Waals surface area (Å²) in [6.45, 7) is 4.47. The van der Waals surface area contributed by atoms with Gasteiger partial charge in [0.25, 0.3) is 0 Å².